The minimum Gasteiger partial charge on any atom is -0.363 e. The number of hydrogen-bond donors (Lipinski definition) is 1. The number of likely N-dealkylation sites (N-methyl/N-ethyl adjacent to an activating group) is 1. The minimum absolute atomic E-state index is 0.00862. The fourth-order valence-corrected chi connectivity index (χ4v) is 3.54. The summed E-state index contributed by atoms with van der Waals surface area (Å²) in [7, 11) is 1.69. The van der Waals surface area contributed by atoms with Gasteiger partial charge in [0.15, 0.2) is 0 Å². The molecule has 0 spiro atoms. The molecule has 150 valence electrons. The first kappa shape index (κ1) is 19.7. The van der Waals surface area contributed by atoms with E-state index in [-0.39, 0.29) is 17.5 Å². The summed E-state index contributed by atoms with van der Waals surface area (Å²) >= 11 is 6.32. The van der Waals surface area contributed by atoms with Gasteiger partial charge in [-0.05, 0) is 23.6 Å². The van der Waals surface area contributed by atoms with E-state index in [0.717, 1.165) is 16.5 Å². The van der Waals surface area contributed by atoms with E-state index in [1.165, 1.54) is 10.9 Å². The summed E-state index contributed by atoms with van der Waals surface area (Å²) < 4.78 is 1.23. The van der Waals surface area contributed by atoms with E-state index in [1.807, 2.05) is 60.7 Å². The average molecular weight is 419 g/mol. The highest BCUT2D eigenvalue weighted by molar-refractivity contribution is 6.33. The van der Waals surface area contributed by atoms with Gasteiger partial charge in [0.25, 0.3) is 5.56 Å². The molecular weight excluding hydrogens is 400 g/mol. The summed E-state index contributed by atoms with van der Waals surface area (Å²) in [5.41, 5.74) is 1.30. The molecule has 0 aliphatic rings. The molecule has 0 aliphatic heterocycles. The minimum atomic E-state index is -0.443. The Labute approximate surface area is 178 Å². The number of hydrogen-bond acceptors (Lipinski definition) is 4. The molecule has 1 heterocycles. The zero-order valence-electron chi connectivity index (χ0n) is 16.2. The van der Waals surface area contributed by atoms with E-state index in [0.29, 0.717) is 11.4 Å². The van der Waals surface area contributed by atoms with Crippen LogP contribution in [0.1, 0.15) is 0 Å². The second-order valence-corrected chi connectivity index (χ2v) is 7.21. The van der Waals surface area contributed by atoms with Crippen LogP contribution in [0.5, 0.6) is 0 Å². The van der Waals surface area contributed by atoms with Crippen molar-refractivity contribution in [1.82, 2.24) is 9.78 Å². The van der Waals surface area contributed by atoms with Gasteiger partial charge in [0, 0.05) is 18.1 Å². The van der Waals surface area contributed by atoms with Crippen molar-refractivity contribution in [3.05, 3.63) is 94.4 Å². The predicted octanol–water partition coefficient (Wildman–Crippen LogP) is 4.11. The molecule has 0 saturated heterocycles. The Morgan fingerprint density at radius 3 is 2.53 bits per heavy atom. The second-order valence-electron chi connectivity index (χ2n) is 6.83. The Morgan fingerprint density at radius 2 is 1.73 bits per heavy atom. The molecule has 0 radical (unpaired) electrons. The first-order chi connectivity index (χ1) is 14.5. The molecule has 6 nitrogen and oxygen atoms in total. The number of benzene rings is 3. The van der Waals surface area contributed by atoms with Crippen molar-refractivity contribution in [3.8, 4) is 5.69 Å². The second kappa shape index (κ2) is 8.39. The molecular formula is C23H19ClN4O2. The van der Waals surface area contributed by atoms with Gasteiger partial charge in [-0.1, -0.05) is 66.2 Å². The van der Waals surface area contributed by atoms with Gasteiger partial charge in [-0.15, -0.1) is 0 Å². The maximum atomic E-state index is 12.7. The molecule has 0 saturated carbocycles. The molecule has 1 aromatic heterocycles. The van der Waals surface area contributed by atoms with Crippen LogP contribution in [0.4, 0.5) is 11.4 Å². The summed E-state index contributed by atoms with van der Waals surface area (Å²) in [5.74, 6) is -0.225. The first-order valence-corrected chi connectivity index (χ1v) is 9.74. The number of amides is 1. The Balaban J connectivity index is 1.53. The zero-order valence-corrected chi connectivity index (χ0v) is 17.0. The van der Waals surface area contributed by atoms with Crippen molar-refractivity contribution in [3.63, 3.8) is 0 Å². The van der Waals surface area contributed by atoms with Gasteiger partial charge in [-0.3, -0.25) is 9.59 Å². The number of carbonyl (C=O) groups is 1. The van der Waals surface area contributed by atoms with Crippen LogP contribution in [0.25, 0.3) is 16.5 Å². The number of anilines is 2. The van der Waals surface area contributed by atoms with Crippen molar-refractivity contribution in [2.24, 2.45) is 0 Å². The van der Waals surface area contributed by atoms with Crippen molar-refractivity contribution in [2.75, 3.05) is 23.8 Å². The largest absolute Gasteiger partial charge is 0.363 e. The van der Waals surface area contributed by atoms with E-state index in [1.54, 1.807) is 24.1 Å². The van der Waals surface area contributed by atoms with Crippen LogP contribution in [0.15, 0.2) is 83.8 Å². The highest BCUT2D eigenvalue weighted by Gasteiger charge is 2.16. The lowest BCUT2D eigenvalue weighted by Crippen LogP contribution is -2.32. The van der Waals surface area contributed by atoms with Gasteiger partial charge >= 0.3 is 0 Å². The van der Waals surface area contributed by atoms with Crippen LogP contribution < -0.4 is 15.8 Å². The number of para-hydroxylation sites is 1. The highest BCUT2D eigenvalue weighted by Crippen LogP contribution is 2.24. The maximum absolute atomic E-state index is 12.7. The Kier molecular flexibility index (Phi) is 5.50. The Bertz CT molecular complexity index is 1270. The van der Waals surface area contributed by atoms with Crippen LogP contribution in [-0.4, -0.2) is 29.3 Å². The van der Waals surface area contributed by atoms with Crippen LogP contribution >= 0.6 is 11.6 Å². The highest BCUT2D eigenvalue weighted by atomic mass is 35.5. The third-order valence-corrected chi connectivity index (χ3v) is 5.11. The normalized spacial score (nSPS) is 10.7. The van der Waals surface area contributed by atoms with E-state index in [4.69, 9.17) is 11.6 Å². The molecule has 0 unspecified atom stereocenters. The number of rotatable bonds is 5. The SMILES string of the molecule is CN(CC(=O)Nc1cccc2ccccc12)c1cnn(-c2ccccc2)c(=O)c1Cl. The first-order valence-electron chi connectivity index (χ1n) is 9.36. The fourth-order valence-electron chi connectivity index (χ4n) is 3.27. The van der Waals surface area contributed by atoms with Crippen molar-refractivity contribution < 1.29 is 4.79 Å². The smallest absolute Gasteiger partial charge is 0.292 e. The number of aromatic nitrogens is 2. The number of nitrogens with zero attached hydrogens (tertiary/aromatic N) is 3. The van der Waals surface area contributed by atoms with Gasteiger partial charge in [-0.2, -0.15) is 9.78 Å². The van der Waals surface area contributed by atoms with Gasteiger partial charge in [0.2, 0.25) is 5.91 Å². The number of nitrogens with one attached hydrogen (secondary N) is 1. The predicted molar refractivity (Wildman–Crippen MR) is 121 cm³/mol. The summed E-state index contributed by atoms with van der Waals surface area (Å²) in [6.07, 6.45) is 1.49. The van der Waals surface area contributed by atoms with Gasteiger partial charge in [0.1, 0.15) is 5.02 Å². The summed E-state index contributed by atoms with van der Waals surface area (Å²) in [5, 5.41) is 9.15. The van der Waals surface area contributed by atoms with Gasteiger partial charge in [-0.25, -0.2) is 0 Å². The summed E-state index contributed by atoms with van der Waals surface area (Å²) in [6, 6.07) is 22.6. The molecule has 0 atom stereocenters. The van der Waals surface area contributed by atoms with Crippen molar-refractivity contribution in [2.45, 2.75) is 0 Å². The van der Waals surface area contributed by atoms with Crippen LogP contribution in [0, 0.1) is 0 Å². The monoisotopic (exact) mass is 418 g/mol. The van der Waals surface area contributed by atoms with Crippen LogP contribution in [0.3, 0.4) is 0 Å². The number of fused-ring (bicyclic) bond motifs is 1. The molecule has 30 heavy (non-hydrogen) atoms. The maximum Gasteiger partial charge on any atom is 0.292 e. The van der Waals surface area contributed by atoms with Crippen molar-refractivity contribution >= 4 is 39.7 Å². The zero-order chi connectivity index (χ0) is 21.1. The fraction of sp³-hybridized carbons (Fsp3) is 0.0870. The van der Waals surface area contributed by atoms with Gasteiger partial charge in [0.05, 0.1) is 24.1 Å². The number of carbonyl (C=O) groups excluding carboxylic acids is 1. The summed E-state index contributed by atoms with van der Waals surface area (Å²) in [4.78, 5) is 26.9. The number of halogens is 1. The summed E-state index contributed by atoms with van der Waals surface area (Å²) in [6.45, 7) is 0.0133. The lowest BCUT2D eigenvalue weighted by atomic mass is 10.1. The topological polar surface area (TPSA) is 67.2 Å². The third kappa shape index (κ3) is 3.90. The van der Waals surface area contributed by atoms with Gasteiger partial charge < -0.3 is 10.2 Å². The third-order valence-electron chi connectivity index (χ3n) is 4.76. The molecule has 0 bridgehead atoms. The molecule has 4 aromatic rings. The van der Waals surface area contributed by atoms with Crippen molar-refractivity contribution in [1.29, 1.82) is 0 Å². The molecule has 0 fully saturated rings. The molecule has 0 aliphatic carbocycles. The quantitative estimate of drug-likeness (QED) is 0.529. The Morgan fingerprint density at radius 1 is 1.03 bits per heavy atom. The molecule has 7 heteroatoms. The van der Waals surface area contributed by atoms with E-state index in [9.17, 15) is 9.59 Å². The average Bonchev–Trinajstić information content (AvgIpc) is 2.76. The molecule has 1 N–H and O–H groups in total. The van der Waals surface area contributed by atoms with E-state index < -0.39 is 5.56 Å². The van der Waals surface area contributed by atoms with E-state index >= 15 is 0 Å². The molecule has 1 amide bonds. The van der Waals surface area contributed by atoms with E-state index in [2.05, 4.69) is 10.4 Å². The Hall–Kier alpha value is -3.64. The standard InChI is InChI=1S/C23H19ClN4O2/c1-27(15-21(29)26-19-13-7-9-16-8-5-6-12-18(16)19)20-14-25-28(23(30)22(20)24)17-10-3-2-4-11-17/h2-14H,15H2,1H3,(H,26,29). The lowest BCUT2D eigenvalue weighted by molar-refractivity contribution is -0.114. The van der Waals surface area contributed by atoms with Crippen LogP contribution in [-0.2, 0) is 4.79 Å². The molecule has 4 rings (SSSR count). The molecule has 3 aromatic carbocycles. The van der Waals surface area contributed by atoms with Crippen LogP contribution in [0.2, 0.25) is 5.02 Å². The lowest BCUT2D eigenvalue weighted by Gasteiger charge is -2.20.